The van der Waals surface area contributed by atoms with E-state index in [0.29, 0.717) is 23.4 Å². The minimum atomic E-state index is -0.409. The molecule has 0 saturated heterocycles. The molecule has 2 heterocycles. The number of hydrogen-bond acceptors (Lipinski definition) is 4. The third kappa shape index (κ3) is 3.61. The lowest BCUT2D eigenvalue weighted by molar-refractivity contribution is 0.0923. The zero-order chi connectivity index (χ0) is 21.3. The third-order valence-corrected chi connectivity index (χ3v) is 5.34. The lowest BCUT2D eigenvalue weighted by Crippen LogP contribution is -2.29. The van der Waals surface area contributed by atoms with Crippen molar-refractivity contribution in [3.63, 3.8) is 0 Å². The molecule has 3 aromatic rings. The van der Waals surface area contributed by atoms with E-state index in [9.17, 15) is 14.4 Å². The topological polar surface area (TPSA) is 84.3 Å². The second-order valence-corrected chi connectivity index (χ2v) is 7.38. The van der Waals surface area contributed by atoms with Gasteiger partial charge in [-0.25, -0.2) is 9.88 Å². The van der Waals surface area contributed by atoms with Crippen molar-refractivity contribution in [2.45, 2.75) is 26.8 Å². The van der Waals surface area contributed by atoms with E-state index in [-0.39, 0.29) is 17.4 Å². The molecule has 0 saturated carbocycles. The molecule has 1 aliphatic heterocycles. The van der Waals surface area contributed by atoms with E-state index < -0.39 is 5.91 Å². The van der Waals surface area contributed by atoms with E-state index in [4.69, 9.17) is 0 Å². The first kappa shape index (κ1) is 19.6. The summed E-state index contributed by atoms with van der Waals surface area (Å²) in [5, 5.41) is 2.85. The van der Waals surface area contributed by atoms with Crippen LogP contribution >= 0.6 is 0 Å². The standard InChI is InChI=1S/C23H22N4O3/c1-15-4-6-18(12-16(15)2)27-22(29)19-7-5-17(13-20(19)23(27)30)21(28)25-8-3-10-26-11-9-24-14-26/h4-7,9,11-14H,3,8,10H2,1-2H3,(H,25,28). The zero-order valence-electron chi connectivity index (χ0n) is 16.9. The number of rotatable bonds is 6. The highest BCUT2D eigenvalue weighted by atomic mass is 16.2. The van der Waals surface area contributed by atoms with Crippen LogP contribution in [-0.4, -0.2) is 33.8 Å². The van der Waals surface area contributed by atoms with Crippen molar-refractivity contribution in [2.75, 3.05) is 11.4 Å². The molecule has 0 atom stereocenters. The molecule has 30 heavy (non-hydrogen) atoms. The number of benzene rings is 2. The van der Waals surface area contributed by atoms with Gasteiger partial charge in [-0.3, -0.25) is 14.4 Å². The number of aromatic nitrogens is 2. The Hall–Kier alpha value is -3.74. The monoisotopic (exact) mass is 402 g/mol. The van der Waals surface area contributed by atoms with Gasteiger partial charge in [0.1, 0.15) is 0 Å². The predicted molar refractivity (Wildman–Crippen MR) is 113 cm³/mol. The molecular weight excluding hydrogens is 380 g/mol. The van der Waals surface area contributed by atoms with Crippen LogP contribution in [0.15, 0.2) is 55.1 Å². The quantitative estimate of drug-likeness (QED) is 0.507. The van der Waals surface area contributed by atoms with Crippen LogP contribution in [0.3, 0.4) is 0 Å². The van der Waals surface area contributed by atoms with Crippen LogP contribution in [0.1, 0.15) is 48.6 Å². The number of anilines is 1. The summed E-state index contributed by atoms with van der Waals surface area (Å²) < 4.78 is 1.94. The number of imide groups is 1. The van der Waals surface area contributed by atoms with Crippen molar-refractivity contribution in [1.82, 2.24) is 14.9 Å². The first-order valence-electron chi connectivity index (χ1n) is 9.80. The first-order chi connectivity index (χ1) is 14.5. The van der Waals surface area contributed by atoms with Gasteiger partial charge in [0, 0.05) is 31.0 Å². The maximum absolute atomic E-state index is 12.9. The molecule has 0 spiro atoms. The molecule has 2 aromatic carbocycles. The second-order valence-electron chi connectivity index (χ2n) is 7.38. The average Bonchev–Trinajstić information content (AvgIpc) is 3.34. The van der Waals surface area contributed by atoms with Crippen molar-refractivity contribution in [2.24, 2.45) is 0 Å². The lowest BCUT2D eigenvalue weighted by Gasteiger charge is -2.15. The summed E-state index contributed by atoms with van der Waals surface area (Å²) in [5.74, 6) is -1.05. The Bertz CT molecular complexity index is 1140. The van der Waals surface area contributed by atoms with Gasteiger partial charge in [0.05, 0.1) is 23.1 Å². The maximum Gasteiger partial charge on any atom is 0.266 e. The Kier molecular flexibility index (Phi) is 5.18. The fourth-order valence-corrected chi connectivity index (χ4v) is 3.47. The number of nitrogens with zero attached hydrogens (tertiary/aromatic N) is 3. The molecule has 0 fully saturated rings. The van der Waals surface area contributed by atoms with Crippen LogP contribution in [-0.2, 0) is 6.54 Å². The number of amides is 3. The van der Waals surface area contributed by atoms with Crippen molar-refractivity contribution in [3.05, 3.63) is 82.9 Å². The first-order valence-corrected chi connectivity index (χ1v) is 9.80. The second kappa shape index (κ2) is 7.94. The molecule has 1 aliphatic rings. The van der Waals surface area contributed by atoms with Crippen LogP contribution in [0, 0.1) is 13.8 Å². The molecule has 0 bridgehead atoms. The molecular formula is C23H22N4O3. The van der Waals surface area contributed by atoms with Gasteiger partial charge in [0.2, 0.25) is 0 Å². The minimum Gasteiger partial charge on any atom is -0.352 e. The smallest absolute Gasteiger partial charge is 0.266 e. The van der Waals surface area contributed by atoms with Gasteiger partial charge < -0.3 is 9.88 Å². The number of hydrogen-bond donors (Lipinski definition) is 1. The highest BCUT2D eigenvalue weighted by molar-refractivity contribution is 6.34. The van der Waals surface area contributed by atoms with Crippen molar-refractivity contribution in [1.29, 1.82) is 0 Å². The normalized spacial score (nSPS) is 12.9. The summed E-state index contributed by atoms with van der Waals surface area (Å²) in [6.45, 7) is 5.16. The molecule has 4 rings (SSSR count). The van der Waals surface area contributed by atoms with Crippen LogP contribution in [0.25, 0.3) is 0 Å². The number of aryl methyl sites for hydroxylation is 3. The van der Waals surface area contributed by atoms with Gasteiger partial charge in [0.25, 0.3) is 17.7 Å². The van der Waals surface area contributed by atoms with Gasteiger partial charge in [-0.1, -0.05) is 6.07 Å². The predicted octanol–water partition coefficient (Wildman–Crippen LogP) is 3.12. The van der Waals surface area contributed by atoms with Gasteiger partial charge in [-0.05, 0) is 61.7 Å². The van der Waals surface area contributed by atoms with Gasteiger partial charge in [-0.15, -0.1) is 0 Å². The van der Waals surface area contributed by atoms with Gasteiger partial charge in [-0.2, -0.15) is 0 Å². The SMILES string of the molecule is Cc1ccc(N2C(=O)c3ccc(C(=O)NCCCn4ccnc4)cc3C2=O)cc1C. The van der Waals surface area contributed by atoms with E-state index in [2.05, 4.69) is 10.3 Å². The van der Waals surface area contributed by atoms with Crippen molar-refractivity contribution in [3.8, 4) is 0 Å². The Morgan fingerprint density at radius 2 is 1.80 bits per heavy atom. The summed E-state index contributed by atoms with van der Waals surface area (Å²) in [4.78, 5) is 43.4. The number of carbonyl (C=O) groups excluding carboxylic acids is 3. The lowest BCUT2D eigenvalue weighted by atomic mass is 10.1. The van der Waals surface area contributed by atoms with Gasteiger partial charge in [0.15, 0.2) is 0 Å². The maximum atomic E-state index is 12.9. The van der Waals surface area contributed by atoms with E-state index in [1.807, 2.05) is 36.7 Å². The Morgan fingerprint density at radius 1 is 1.00 bits per heavy atom. The summed E-state index contributed by atoms with van der Waals surface area (Å²) in [6.07, 6.45) is 6.06. The molecule has 1 aromatic heterocycles. The highest BCUT2D eigenvalue weighted by Gasteiger charge is 2.37. The van der Waals surface area contributed by atoms with E-state index in [1.54, 1.807) is 30.7 Å². The van der Waals surface area contributed by atoms with E-state index >= 15 is 0 Å². The molecule has 7 heteroatoms. The molecule has 1 N–H and O–H groups in total. The average molecular weight is 402 g/mol. The Balaban J connectivity index is 1.47. The molecule has 0 radical (unpaired) electrons. The number of imidazole rings is 1. The fraction of sp³-hybridized carbons (Fsp3) is 0.217. The summed E-state index contributed by atoms with van der Waals surface area (Å²) in [6, 6.07) is 10.1. The number of carbonyl (C=O) groups is 3. The summed E-state index contributed by atoms with van der Waals surface area (Å²) in [7, 11) is 0. The molecule has 0 aliphatic carbocycles. The summed E-state index contributed by atoms with van der Waals surface area (Å²) >= 11 is 0. The largest absolute Gasteiger partial charge is 0.352 e. The summed E-state index contributed by atoms with van der Waals surface area (Å²) in [5.41, 5.74) is 3.55. The van der Waals surface area contributed by atoms with Crippen LogP contribution in [0.4, 0.5) is 5.69 Å². The Labute approximate surface area is 174 Å². The minimum absolute atomic E-state index is 0.254. The third-order valence-electron chi connectivity index (χ3n) is 5.34. The molecule has 152 valence electrons. The van der Waals surface area contributed by atoms with Crippen LogP contribution < -0.4 is 10.2 Å². The van der Waals surface area contributed by atoms with E-state index in [1.165, 1.54) is 11.0 Å². The van der Waals surface area contributed by atoms with Crippen LogP contribution in [0.2, 0.25) is 0 Å². The Morgan fingerprint density at radius 3 is 2.53 bits per heavy atom. The highest BCUT2D eigenvalue weighted by Crippen LogP contribution is 2.30. The fourth-order valence-electron chi connectivity index (χ4n) is 3.47. The van der Waals surface area contributed by atoms with Crippen molar-refractivity contribution >= 4 is 23.4 Å². The van der Waals surface area contributed by atoms with Crippen molar-refractivity contribution < 1.29 is 14.4 Å². The molecule has 3 amide bonds. The molecule has 7 nitrogen and oxygen atoms in total. The van der Waals surface area contributed by atoms with Gasteiger partial charge >= 0.3 is 0 Å². The van der Waals surface area contributed by atoms with E-state index in [0.717, 1.165) is 24.1 Å². The molecule has 0 unspecified atom stereocenters. The number of fused-ring (bicyclic) bond motifs is 1. The number of nitrogens with one attached hydrogen (secondary N) is 1. The van der Waals surface area contributed by atoms with Crippen LogP contribution in [0.5, 0.6) is 0 Å². The zero-order valence-corrected chi connectivity index (χ0v) is 16.9.